The van der Waals surface area contributed by atoms with E-state index in [0.29, 0.717) is 5.69 Å². The van der Waals surface area contributed by atoms with E-state index in [4.69, 9.17) is 0 Å². The van der Waals surface area contributed by atoms with E-state index in [1.54, 1.807) is 0 Å². The molecule has 0 aliphatic carbocycles. The lowest BCUT2D eigenvalue weighted by molar-refractivity contribution is 0.507. The quantitative estimate of drug-likeness (QED) is 0.663. The molecule has 0 spiro atoms. The third-order valence-electron chi connectivity index (χ3n) is 1.54. The second kappa shape index (κ2) is 2.93. The Morgan fingerprint density at radius 2 is 1.85 bits per heavy atom. The summed E-state index contributed by atoms with van der Waals surface area (Å²) in [5, 5.41) is 7.05. The van der Waals surface area contributed by atoms with Crippen molar-refractivity contribution in [2.75, 3.05) is 0 Å². The lowest BCUT2D eigenvalue weighted by Gasteiger charge is -1.99. The van der Waals surface area contributed by atoms with Crippen LogP contribution >= 0.6 is 0 Å². The zero-order valence-corrected chi connectivity index (χ0v) is 6.41. The molecule has 65 valence electrons. The zero-order chi connectivity index (χ0) is 9.26. The predicted molar refractivity (Wildman–Crippen MR) is 40.1 cm³/mol. The molecule has 13 heavy (non-hydrogen) atoms. The monoisotopic (exact) mass is 180 g/mol. The van der Waals surface area contributed by atoms with Gasteiger partial charge in [0.15, 0.2) is 11.6 Å². The Hall–Kier alpha value is -1.78. The van der Waals surface area contributed by atoms with Crippen LogP contribution in [0.15, 0.2) is 24.8 Å². The van der Waals surface area contributed by atoms with Gasteiger partial charge in [0.1, 0.15) is 12.7 Å². The molecule has 5 heteroatoms. The van der Waals surface area contributed by atoms with Gasteiger partial charge >= 0.3 is 0 Å². The Balaban J connectivity index is 2.49. The third kappa shape index (κ3) is 1.40. The molecule has 1 aromatic carbocycles. The minimum atomic E-state index is -0.920. The summed E-state index contributed by atoms with van der Waals surface area (Å²) in [5.74, 6) is -1.83. The largest absolute Gasteiger partial charge is 0.287 e. The zero-order valence-electron chi connectivity index (χ0n) is 6.41. The molecule has 0 fully saturated rings. The fraction of sp³-hybridized carbons (Fsp3) is 0. The Morgan fingerprint density at radius 1 is 1.15 bits per heavy atom. The van der Waals surface area contributed by atoms with Gasteiger partial charge in [-0.1, -0.05) is 0 Å². The normalized spacial score (nSPS) is 10.3. The van der Waals surface area contributed by atoms with Crippen LogP contribution < -0.4 is 0 Å². The van der Waals surface area contributed by atoms with Gasteiger partial charge in [-0.2, -0.15) is 0 Å². The first-order valence-corrected chi connectivity index (χ1v) is 3.49. The fourth-order valence-electron chi connectivity index (χ4n) is 0.911. The van der Waals surface area contributed by atoms with Crippen LogP contribution in [-0.2, 0) is 0 Å². The summed E-state index contributed by atoms with van der Waals surface area (Å²) < 4.78 is 26.6. The SMILES string of the molecule is Fc1c[c]c(-n2cnnc2)cc1F. The Labute approximate surface area is 72.6 Å². The first kappa shape index (κ1) is 7.85. The number of aromatic nitrogens is 3. The van der Waals surface area contributed by atoms with Crippen LogP contribution in [0.2, 0.25) is 0 Å². The summed E-state index contributed by atoms with van der Waals surface area (Å²) in [7, 11) is 0. The molecule has 1 heterocycles. The molecule has 0 aliphatic heterocycles. The molecule has 0 bridgehead atoms. The summed E-state index contributed by atoms with van der Waals surface area (Å²) in [6.45, 7) is 0. The minimum Gasteiger partial charge on any atom is -0.287 e. The summed E-state index contributed by atoms with van der Waals surface area (Å²) in [4.78, 5) is 0. The van der Waals surface area contributed by atoms with E-state index < -0.39 is 11.6 Å². The number of benzene rings is 1. The van der Waals surface area contributed by atoms with Gasteiger partial charge in [0.25, 0.3) is 0 Å². The lowest BCUT2D eigenvalue weighted by atomic mass is 10.3. The van der Waals surface area contributed by atoms with Crippen LogP contribution in [0.3, 0.4) is 0 Å². The molecule has 0 saturated carbocycles. The number of halogens is 2. The smallest absolute Gasteiger partial charge is 0.160 e. The highest BCUT2D eigenvalue weighted by molar-refractivity contribution is 5.30. The van der Waals surface area contributed by atoms with Gasteiger partial charge in [-0.3, -0.25) is 4.57 Å². The van der Waals surface area contributed by atoms with E-state index in [1.165, 1.54) is 17.2 Å². The molecule has 1 radical (unpaired) electrons. The summed E-state index contributed by atoms with van der Waals surface area (Å²) in [5.41, 5.74) is 0.365. The van der Waals surface area contributed by atoms with E-state index in [0.717, 1.165) is 12.1 Å². The molecule has 0 amide bonds. The second-order valence-corrected chi connectivity index (χ2v) is 2.38. The van der Waals surface area contributed by atoms with Crippen molar-refractivity contribution < 1.29 is 8.78 Å². The Bertz CT molecular complexity index is 411. The molecule has 0 unspecified atom stereocenters. The minimum absolute atomic E-state index is 0.365. The molecule has 0 aliphatic rings. The van der Waals surface area contributed by atoms with Gasteiger partial charge in [0, 0.05) is 12.1 Å². The summed E-state index contributed by atoms with van der Waals surface area (Å²) in [6.07, 6.45) is 2.76. The molecule has 3 nitrogen and oxygen atoms in total. The molecule has 0 saturated heterocycles. The second-order valence-electron chi connectivity index (χ2n) is 2.38. The van der Waals surface area contributed by atoms with Crippen molar-refractivity contribution in [2.45, 2.75) is 0 Å². The highest BCUT2D eigenvalue weighted by Gasteiger charge is 2.03. The van der Waals surface area contributed by atoms with Gasteiger partial charge < -0.3 is 0 Å². The van der Waals surface area contributed by atoms with Crippen molar-refractivity contribution in [2.24, 2.45) is 0 Å². The topological polar surface area (TPSA) is 30.7 Å². The van der Waals surface area contributed by atoms with Gasteiger partial charge in [-0.05, 0) is 6.07 Å². The number of hydrogen-bond acceptors (Lipinski definition) is 2. The molecule has 1 aromatic heterocycles. The van der Waals surface area contributed by atoms with Crippen molar-refractivity contribution in [3.05, 3.63) is 42.5 Å². The van der Waals surface area contributed by atoms with Crippen molar-refractivity contribution in [1.29, 1.82) is 0 Å². The number of nitrogens with zero attached hydrogens (tertiary/aromatic N) is 3. The maximum Gasteiger partial charge on any atom is 0.160 e. The summed E-state index contributed by atoms with van der Waals surface area (Å²) >= 11 is 0. The van der Waals surface area contributed by atoms with Crippen LogP contribution in [0, 0.1) is 17.7 Å². The molecule has 2 aromatic rings. The van der Waals surface area contributed by atoms with Crippen molar-refractivity contribution in [1.82, 2.24) is 14.8 Å². The highest BCUT2D eigenvalue weighted by Crippen LogP contribution is 2.10. The maximum absolute atomic E-state index is 12.7. The maximum atomic E-state index is 12.7. The molecule has 0 atom stereocenters. The first-order valence-electron chi connectivity index (χ1n) is 3.49. The van der Waals surface area contributed by atoms with Gasteiger partial charge in [0.05, 0.1) is 5.69 Å². The molecular weight excluding hydrogens is 176 g/mol. The standard InChI is InChI=1S/C8H4F2N3/c9-7-2-1-6(3-8(7)10)13-4-11-12-5-13/h2-5H. The van der Waals surface area contributed by atoms with Gasteiger partial charge in [0.2, 0.25) is 0 Å². The number of hydrogen-bond donors (Lipinski definition) is 0. The van der Waals surface area contributed by atoms with Crippen molar-refractivity contribution in [3.8, 4) is 5.69 Å². The highest BCUT2D eigenvalue weighted by atomic mass is 19.2. The van der Waals surface area contributed by atoms with Crippen LogP contribution in [0.1, 0.15) is 0 Å². The van der Waals surface area contributed by atoms with Crippen molar-refractivity contribution >= 4 is 0 Å². The molecular formula is C8H4F2N3. The van der Waals surface area contributed by atoms with E-state index in [9.17, 15) is 8.78 Å². The van der Waals surface area contributed by atoms with E-state index in [-0.39, 0.29) is 0 Å². The van der Waals surface area contributed by atoms with E-state index >= 15 is 0 Å². The molecule has 2 rings (SSSR count). The van der Waals surface area contributed by atoms with Crippen LogP contribution in [-0.4, -0.2) is 14.8 Å². The molecule has 0 N–H and O–H groups in total. The fourth-order valence-corrected chi connectivity index (χ4v) is 0.911. The summed E-state index contributed by atoms with van der Waals surface area (Å²) in [6, 6.07) is 4.51. The predicted octanol–water partition coefficient (Wildman–Crippen LogP) is 1.35. The van der Waals surface area contributed by atoms with E-state index in [1.807, 2.05) is 0 Å². The first-order chi connectivity index (χ1) is 6.27. The van der Waals surface area contributed by atoms with Crippen LogP contribution in [0.4, 0.5) is 8.78 Å². The average molecular weight is 180 g/mol. The van der Waals surface area contributed by atoms with Crippen molar-refractivity contribution in [3.63, 3.8) is 0 Å². The van der Waals surface area contributed by atoms with E-state index in [2.05, 4.69) is 16.3 Å². The third-order valence-corrected chi connectivity index (χ3v) is 1.54. The Morgan fingerprint density at radius 3 is 2.46 bits per heavy atom. The van der Waals surface area contributed by atoms with Crippen LogP contribution in [0.5, 0.6) is 0 Å². The number of rotatable bonds is 1. The van der Waals surface area contributed by atoms with Gasteiger partial charge in [-0.15, -0.1) is 10.2 Å². The Kier molecular flexibility index (Phi) is 1.77. The van der Waals surface area contributed by atoms with Crippen LogP contribution in [0.25, 0.3) is 5.69 Å². The van der Waals surface area contributed by atoms with Gasteiger partial charge in [-0.25, -0.2) is 8.78 Å². The lowest BCUT2D eigenvalue weighted by Crippen LogP contribution is -1.93. The average Bonchev–Trinajstić information content (AvgIpc) is 2.62.